The molecule has 0 radical (unpaired) electrons. The van der Waals surface area contributed by atoms with Gasteiger partial charge >= 0.3 is 0 Å². The highest BCUT2D eigenvalue weighted by Gasteiger charge is 2.23. The van der Waals surface area contributed by atoms with E-state index >= 15 is 0 Å². The number of halogens is 1. The van der Waals surface area contributed by atoms with Crippen LogP contribution in [0.4, 0.5) is 5.82 Å². The van der Waals surface area contributed by atoms with Crippen LogP contribution in [-0.2, 0) is 7.05 Å². The molecule has 0 saturated heterocycles. The Morgan fingerprint density at radius 3 is 2.70 bits per heavy atom. The molecule has 2 aromatic rings. The minimum atomic E-state index is 0.567. The zero-order valence-corrected chi connectivity index (χ0v) is 13.4. The summed E-state index contributed by atoms with van der Waals surface area (Å²) in [4.78, 5) is 4.86. The first-order chi connectivity index (χ1) is 9.66. The van der Waals surface area contributed by atoms with Crippen LogP contribution in [0.15, 0.2) is 28.7 Å². The maximum atomic E-state index is 6.28. The molecule has 1 aliphatic rings. The van der Waals surface area contributed by atoms with Crippen LogP contribution in [0.25, 0.3) is 11.3 Å². The first-order valence-electron chi connectivity index (χ1n) is 7.25. The monoisotopic (exact) mass is 333 g/mol. The molecule has 4 heteroatoms. The summed E-state index contributed by atoms with van der Waals surface area (Å²) in [5.41, 5.74) is 8.27. The van der Waals surface area contributed by atoms with Gasteiger partial charge in [-0.2, -0.15) is 0 Å². The van der Waals surface area contributed by atoms with Gasteiger partial charge in [0.2, 0.25) is 0 Å². The van der Waals surface area contributed by atoms with Crippen LogP contribution in [0.5, 0.6) is 0 Å². The van der Waals surface area contributed by atoms with Crippen LogP contribution in [0.1, 0.15) is 43.8 Å². The van der Waals surface area contributed by atoms with Gasteiger partial charge in [0.1, 0.15) is 17.3 Å². The molecular weight excluding hydrogens is 314 g/mol. The van der Waals surface area contributed by atoms with Crippen molar-refractivity contribution in [1.82, 2.24) is 9.55 Å². The van der Waals surface area contributed by atoms with Crippen molar-refractivity contribution in [3.8, 4) is 11.3 Å². The molecule has 0 unspecified atom stereocenters. The maximum absolute atomic E-state index is 6.28. The molecule has 1 heterocycles. The molecule has 0 amide bonds. The van der Waals surface area contributed by atoms with E-state index in [0.717, 1.165) is 27.4 Å². The van der Waals surface area contributed by atoms with Gasteiger partial charge in [0.25, 0.3) is 0 Å². The SMILES string of the molecule is Cn1c(C2CCCCC2)nc(-c2cccc(Br)c2)c1N. The van der Waals surface area contributed by atoms with E-state index in [1.807, 2.05) is 19.2 Å². The molecule has 2 N–H and O–H groups in total. The molecule has 0 bridgehead atoms. The van der Waals surface area contributed by atoms with Crippen LogP contribution in [-0.4, -0.2) is 9.55 Å². The van der Waals surface area contributed by atoms with Gasteiger partial charge in [0.05, 0.1) is 0 Å². The number of aromatic nitrogens is 2. The van der Waals surface area contributed by atoms with Gasteiger partial charge in [-0.25, -0.2) is 4.98 Å². The first kappa shape index (κ1) is 13.7. The normalized spacial score (nSPS) is 16.5. The number of nitrogen functional groups attached to an aromatic ring is 1. The topological polar surface area (TPSA) is 43.8 Å². The van der Waals surface area contributed by atoms with Gasteiger partial charge in [0, 0.05) is 23.0 Å². The summed E-state index contributed by atoms with van der Waals surface area (Å²) < 4.78 is 3.13. The van der Waals surface area contributed by atoms with Crippen LogP contribution in [0.3, 0.4) is 0 Å². The van der Waals surface area contributed by atoms with Crippen molar-refractivity contribution in [2.24, 2.45) is 7.05 Å². The van der Waals surface area contributed by atoms with Crippen LogP contribution < -0.4 is 5.73 Å². The van der Waals surface area contributed by atoms with E-state index in [1.54, 1.807) is 0 Å². The van der Waals surface area contributed by atoms with Crippen molar-refractivity contribution >= 4 is 21.7 Å². The summed E-state index contributed by atoms with van der Waals surface area (Å²) in [6.45, 7) is 0. The number of nitrogens with zero attached hydrogens (tertiary/aromatic N) is 2. The van der Waals surface area contributed by atoms with Gasteiger partial charge < -0.3 is 10.3 Å². The number of benzene rings is 1. The molecule has 0 atom stereocenters. The zero-order valence-electron chi connectivity index (χ0n) is 11.8. The van der Waals surface area contributed by atoms with Crippen molar-refractivity contribution in [3.05, 3.63) is 34.6 Å². The van der Waals surface area contributed by atoms with Crippen molar-refractivity contribution in [3.63, 3.8) is 0 Å². The number of nitrogens with two attached hydrogens (primary N) is 1. The van der Waals surface area contributed by atoms with E-state index in [2.05, 4.69) is 32.6 Å². The predicted molar refractivity (Wildman–Crippen MR) is 86.6 cm³/mol. The molecular formula is C16H20BrN3. The molecule has 1 saturated carbocycles. The van der Waals surface area contributed by atoms with Crippen LogP contribution in [0, 0.1) is 0 Å². The number of imidazole rings is 1. The van der Waals surface area contributed by atoms with Crippen LogP contribution in [0.2, 0.25) is 0 Å². The smallest absolute Gasteiger partial charge is 0.131 e. The standard InChI is InChI=1S/C16H20BrN3/c1-20-15(18)14(12-8-5-9-13(17)10-12)19-16(20)11-6-3-2-4-7-11/h5,8-11H,2-4,6-7,18H2,1H3. The zero-order chi connectivity index (χ0) is 14.1. The molecule has 1 aliphatic carbocycles. The summed E-state index contributed by atoms with van der Waals surface area (Å²) in [5, 5.41) is 0. The molecule has 1 aromatic heterocycles. The van der Waals surface area contributed by atoms with Crippen molar-refractivity contribution < 1.29 is 0 Å². The average Bonchev–Trinajstić information content (AvgIpc) is 2.76. The Hall–Kier alpha value is -1.29. The second-order valence-corrected chi connectivity index (χ2v) is 6.52. The molecule has 106 valence electrons. The van der Waals surface area contributed by atoms with Crippen molar-refractivity contribution in [2.75, 3.05) is 5.73 Å². The highest BCUT2D eigenvalue weighted by Crippen LogP contribution is 2.36. The fraction of sp³-hybridized carbons (Fsp3) is 0.438. The van der Waals surface area contributed by atoms with E-state index in [4.69, 9.17) is 10.7 Å². The largest absolute Gasteiger partial charge is 0.383 e. The van der Waals surface area contributed by atoms with E-state index in [-0.39, 0.29) is 0 Å². The lowest BCUT2D eigenvalue weighted by Crippen LogP contribution is -2.11. The lowest BCUT2D eigenvalue weighted by atomic mass is 9.89. The Labute approximate surface area is 128 Å². The van der Waals surface area contributed by atoms with Crippen LogP contribution >= 0.6 is 15.9 Å². The third kappa shape index (κ3) is 2.49. The third-order valence-corrected chi connectivity index (χ3v) is 4.74. The summed E-state index contributed by atoms with van der Waals surface area (Å²) in [6.07, 6.45) is 6.45. The fourth-order valence-electron chi connectivity index (χ4n) is 3.10. The molecule has 0 aliphatic heterocycles. The molecule has 1 aromatic carbocycles. The van der Waals surface area contributed by atoms with E-state index < -0.39 is 0 Å². The molecule has 3 rings (SSSR count). The minimum absolute atomic E-state index is 0.567. The lowest BCUT2D eigenvalue weighted by Gasteiger charge is -2.21. The van der Waals surface area contributed by atoms with E-state index in [9.17, 15) is 0 Å². The second kappa shape index (κ2) is 5.60. The summed E-state index contributed by atoms with van der Waals surface area (Å²) in [7, 11) is 2.04. The van der Waals surface area contributed by atoms with Crippen molar-refractivity contribution in [1.29, 1.82) is 0 Å². The quantitative estimate of drug-likeness (QED) is 0.880. The van der Waals surface area contributed by atoms with E-state index in [1.165, 1.54) is 32.1 Å². The Bertz CT molecular complexity index is 612. The van der Waals surface area contributed by atoms with Gasteiger partial charge in [0.15, 0.2) is 0 Å². The lowest BCUT2D eigenvalue weighted by molar-refractivity contribution is 0.422. The average molecular weight is 334 g/mol. The van der Waals surface area contributed by atoms with Crippen molar-refractivity contribution in [2.45, 2.75) is 38.0 Å². The molecule has 1 fully saturated rings. The summed E-state index contributed by atoms with van der Waals surface area (Å²) in [5.74, 6) is 2.48. The van der Waals surface area contributed by atoms with Gasteiger partial charge in [-0.1, -0.05) is 47.3 Å². The summed E-state index contributed by atoms with van der Waals surface area (Å²) in [6, 6.07) is 8.18. The molecule has 0 spiro atoms. The first-order valence-corrected chi connectivity index (χ1v) is 8.04. The predicted octanol–water partition coefficient (Wildman–Crippen LogP) is 4.48. The van der Waals surface area contributed by atoms with E-state index in [0.29, 0.717) is 5.92 Å². The number of hydrogen-bond donors (Lipinski definition) is 1. The minimum Gasteiger partial charge on any atom is -0.383 e. The van der Waals surface area contributed by atoms with Gasteiger partial charge in [-0.05, 0) is 25.0 Å². The Kier molecular flexibility index (Phi) is 3.83. The highest BCUT2D eigenvalue weighted by atomic mass is 79.9. The number of hydrogen-bond acceptors (Lipinski definition) is 2. The maximum Gasteiger partial charge on any atom is 0.131 e. The van der Waals surface area contributed by atoms with Gasteiger partial charge in [-0.15, -0.1) is 0 Å². The fourth-order valence-corrected chi connectivity index (χ4v) is 3.50. The second-order valence-electron chi connectivity index (χ2n) is 5.61. The Morgan fingerprint density at radius 2 is 2.00 bits per heavy atom. The third-order valence-electron chi connectivity index (χ3n) is 4.24. The number of anilines is 1. The molecule has 3 nitrogen and oxygen atoms in total. The van der Waals surface area contributed by atoms with Gasteiger partial charge in [-0.3, -0.25) is 0 Å². The Balaban J connectivity index is 2.01. The molecule has 20 heavy (non-hydrogen) atoms. The summed E-state index contributed by atoms with van der Waals surface area (Å²) >= 11 is 3.51. The Morgan fingerprint density at radius 1 is 1.25 bits per heavy atom. The number of rotatable bonds is 2. The highest BCUT2D eigenvalue weighted by molar-refractivity contribution is 9.10.